The second-order valence-electron chi connectivity index (χ2n) is 9.35. The number of carbonyl (C=O) groups is 3. The Hall–Kier alpha value is -5.09. The van der Waals surface area contributed by atoms with Gasteiger partial charge >= 0.3 is 24.3 Å². The van der Waals surface area contributed by atoms with Crippen molar-refractivity contribution in [3.63, 3.8) is 0 Å². The Labute approximate surface area is 244 Å². The molecular formula is C27H24F6N6O5. The van der Waals surface area contributed by atoms with Gasteiger partial charge in [-0.05, 0) is 55.7 Å². The first kappa shape index (κ1) is 33.4. The van der Waals surface area contributed by atoms with Crippen molar-refractivity contribution in [2.45, 2.75) is 38.0 Å². The predicted octanol–water partition coefficient (Wildman–Crippen LogP) is 4.78. The number of likely N-dealkylation sites (tertiary alicyclic amines) is 1. The van der Waals surface area contributed by atoms with Gasteiger partial charge in [0, 0.05) is 54.9 Å². The van der Waals surface area contributed by atoms with Gasteiger partial charge in [-0.2, -0.15) is 31.4 Å². The van der Waals surface area contributed by atoms with Crippen LogP contribution in [0.4, 0.5) is 26.3 Å². The fourth-order valence-electron chi connectivity index (χ4n) is 3.96. The number of carboxylic acid groups (broad SMARTS) is 2. The summed E-state index contributed by atoms with van der Waals surface area (Å²) >= 11 is 0. The molecule has 1 unspecified atom stereocenters. The van der Waals surface area contributed by atoms with Crippen molar-refractivity contribution in [2.24, 2.45) is 0 Å². The Morgan fingerprint density at radius 1 is 0.932 bits per heavy atom. The molecule has 2 N–H and O–H groups in total. The summed E-state index contributed by atoms with van der Waals surface area (Å²) in [6.07, 6.45) is -1.00. The first-order valence-corrected chi connectivity index (χ1v) is 12.6. The minimum absolute atomic E-state index is 0.0222. The fourth-order valence-corrected chi connectivity index (χ4v) is 3.96. The first-order valence-electron chi connectivity index (χ1n) is 12.6. The van der Waals surface area contributed by atoms with E-state index in [1.807, 2.05) is 65.1 Å². The van der Waals surface area contributed by atoms with Gasteiger partial charge in [-0.1, -0.05) is 6.07 Å². The summed E-state index contributed by atoms with van der Waals surface area (Å²) in [5.41, 5.74) is 4.42. The number of rotatable bonds is 3. The largest absolute Gasteiger partial charge is 0.490 e. The van der Waals surface area contributed by atoms with E-state index >= 15 is 0 Å². The third-order valence-electron chi connectivity index (χ3n) is 6.04. The fraction of sp³-hybridized carbons (Fsp3) is 0.296. The van der Waals surface area contributed by atoms with E-state index in [-0.39, 0.29) is 11.8 Å². The van der Waals surface area contributed by atoms with Gasteiger partial charge in [0.2, 0.25) is 0 Å². The summed E-state index contributed by atoms with van der Waals surface area (Å²) < 4.78 is 65.3. The van der Waals surface area contributed by atoms with E-state index in [0.717, 1.165) is 47.5 Å². The summed E-state index contributed by atoms with van der Waals surface area (Å²) in [5.74, 6) is -4.63. The van der Waals surface area contributed by atoms with Crippen molar-refractivity contribution >= 4 is 23.5 Å². The van der Waals surface area contributed by atoms with Gasteiger partial charge in [0.05, 0.1) is 0 Å². The van der Waals surface area contributed by atoms with Crippen LogP contribution in [0.15, 0.2) is 61.2 Å². The van der Waals surface area contributed by atoms with E-state index in [0.29, 0.717) is 12.2 Å². The second-order valence-corrected chi connectivity index (χ2v) is 9.35. The minimum atomic E-state index is -5.08. The molecule has 0 bridgehead atoms. The summed E-state index contributed by atoms with van der Waals surface area (Å²) in [6.45, 7) is 3.32. The highest BCUT2D eigenvalue weighted by atomic mass is 19.4. The van der Waals surface area contributed by atoms with Gasteiger partial charge < -0.3 is 15.1 Å². The molecule has 0 aromatic carbocycles. The van der Waals surface area contributed by atoms with Crippen molar-refractivity contribution in [3.8, 4) is 11.1 Å². The van der Waals surface area contributed by atoms with Crippen LogP contribution in [0.5, 0.6) is 0 Å². The summed E-state index contributed by atoms with van der Waals surface area (Å²) in [4.78, 5) is 45.8. The Morgan fingerprint density at radius 2 is 1.59 bits per heavy atom. The maximum absolute atomic E-state index is 12.9. The monoisotopic (exact) mass is 626 g/mol. The maximum Gasteiger partial charge on any atom is 0.490 e. The molecule has 4 aromatic rings. The Morgan fingerprint density at radius 3 is 2.16 bits per heavy atom. The topological polar surface area (TPSA) is 151 Å². The third-order valence-corrected chi connectivity index (χ3v) is 6.04. The van der Waals surface area contributed by atoms with Crippen LogP contribution in [-0.4, -0.2) is 83.0 Å². The van der Waals surface area contributed by atoms with Crippen molar-refractivity contribution < 1.29 is 50.9 Å². The number of aliphatic carboxylic acids is 2. The lowest BCUT2D eigenvalue weighted by atomic mass is 9.97. The molecule has 1 aliphatic heterocycles. The summed E-state index contributed by atoms with van der Waals surface area (Å²) in [6, 6.07) is 11.7. The van der Waals surface area contributed by atoms with Crippen LogP contribution >= 0.6 is 0 Å². The number of carboxylic acids is 2. The van der Waals surface area contributed by atoms with Gasteiger partial charge in [0.1, 0.15) is 5.69 Å². The number of pyridine rings is 3. The predicted molar refractivity (Wildman–Crippen MR) is 140 cm³/mol. The normalized spacial score (nSPS) is 15.0. The molecule has 234 valence electrons. The van der Waals surface area contributed by atoms with Crippen molar-refractivity contribution in [1.29, 1.82) is 0 Å². The molecule has 1 fully saturated rings. The number of carbonyl (C=O) groups excluding carboxylic acids is 1. The van der Waals surface area contributed by atoms with Crippen LogP contribution < -0.4 is 0 Å². The highest BCUT2D eigenvalue weighted by Gasteiger charge is 2.39. The SMILES string of the molecule is Cc1ccnc(C(=O)N2CCCC(c3nc4ccc(-c5cccnc5)cn4n3)C2)c1.O=C(O)C(F)(F)F.O=C(O)C(F)(F)F. The van der Waals surface area contributed by atoms with Crippen molar-refractivity contribution in [2.75, 3.05) is 13.1 Å². The number of hydrogen-bond acceptors (Lipinski definition) is 7. The highest BCUT2D eigenvalue weighted by Crippen LogP contribution is 2.27. The quantitative estimate of drug-likeness (QED) is 0.306. The molecule has 1 aliphatic rings. The van der Waals surface area contributed by atoms with Gasteiger partial charge in [-0.25, -0.2) is 19.1 Å². The maximum atomic E-state index is 12.9. The number of piperidine rings is 1. The molecular weight excluding hydrogens is 602 g/mol. The molecule has 0 spiro atoms. The lowest BCUT2D eigenvalue weighted by molar-refractivity contribution is -0.193. The average Bonchev–Trinajstić information content (AvgIpc) is 3.41. The van der Waals surface area contributed by atoms with Crippen LogP contribution in [0.2, 0.25) is 0 Å². The molecule has 11 nitrogen and oxygen atoms in total. The smallest absolute Gasteiger partial charge is 0.475 e. The molecule has 0 aliphatic carbocycles. The molecule has 44 heavy (non-hydrogen) atoms. The van der Waals surface area contributed by atoms with E-state index in [1.54, 1.807) is 12.4 Å². The average molecular weight is 627 g/mol. The zero-order valence-electron chi connectivity index (χ0n) is 22.7. The van der Waals surface area contributed by atoms with Crippen LogP contribution in [0, 0.1) is 6.92 Å². The van der Waals surface area contributed by atoms with Crippen molar-refractivity contribution in [1.82, 2.24) is 29.5 Å². The molecule has 4 aromatic heterocycles. The standard InChI is InChI=1S/C23H22N6O.2C2HF3O2/c1-16-8-10-25-20(12-16)23(30)28-11-3-5-19(14-28)22-26-21-7-6-18(15-29(21)27-22)17-4-2-9-24-13-17;2*3-2(4,5)1(6)7/h2,4,6-10,12-13,15,19H,3,5,11,14H2,1H3;2*(H,6,7). The van der Waals surface area contributed by atoms with E-state index < -0.39 is 24.3 Å². The number of aromatic nitrogens is 5. The lowest BCUT2D eigenvalue weighted by Crippen LogP contribution is -2.39. The Balaban J connectivity index is 0.000000317. The molecule has 0 saturated carbocycles. The number of nitrogens with zero attached hydrogens (tertiary/aromatic N) is 6. The first-order chi connectivity index (χ1) is 20.6. The molecule has 1 saturated heterocycles. The van der Waals surface area contributed by atoms with E-state index in [4.69, 9.17) is 29.9 Å². The molecule has 1 amide bonds. The van der Waals surface area contributed by atoms with E-state index in [9.17, 15) is 31.1 Å². The summed E-state index contributed by atoms with van der Waals surface area (Å²) in [7, 11) is 0. The van der Waals surface area contributed by atoms with Gasteiger partial charge in [0.25, 0.3) is 5.91 Å². The van der Waals surface area contributed by atoms with E-state index in [2.05, 4.69) is 9.97 Å². The van der Waals surface area contributed by atoms with Gasteiger partial charge in [0.15, 0.2) is 11.5 Å². The minimum Gasteiger partial charge on any atom is -0.475 e. The zero-order chi connectivity index (χ0) is 32.7. The Kier molecular flexibility index (Phi) is 10.6. The number of halogens is 6. The highest BCUT2D eigenvalue weighted by molar-refractivity contribution is 5.92. The number of amides is 1. The third kappa shape index (κ3) is 9.20. The molecule has 5 rings (SSSR count). The summed E-state index contributed by atoms with van der Waals surface area (Å²) in [5, 5.41) is 19.0. The van der Waals surface area contributed by atoms with Crippen molar-refractivity contribution in [3.05, 3.63) is 78.3 Å². The molecule has 17 heteroatoms. The molecule has 0 radical (unpaired) electrons. The van der Waals surface area contributed by atoms with Crippen LogP contribution in [-0.2, 0) is 9.59 Å². The molecule has 1 atom stereocenters. The zero-order valence-corrected chi connectivity index (χ0v) is 22.7. The second kappa shape index (κ2) is 13.9. The number of aryl methyl sites for hydroxylation is 1. The van der Waals surface area contributed by atoms with Gasteiger partial charge in [-0.15, -0.1) is 0 Å². The van der Waals surface area contributed by atoms with E-state index in [1.165, 1.54) is 0 Å². The Bertz CT molecular complexity index is 1590. The number of hydrogen-bond donors (Lipinski definition) is 2. The van der Waals surface area contributed by atoms with Crippen LogP contribution in [0.1, 0.15) is 40.6 Å². The van der Waals surface area contributed by atoms with Crippen LogP contribution in [0.3, 0.4) is 0 Å². The lowest BCUT2D eigenvalue weighted by Gasteiger charge is -2.31. The van der Waals surface area contributed by atoms with Crippen LogP contribution in [0.25, 0.3) is 16.8 Å². The number of fused-ring (bicyclic) bond motifs is 1. The number of alkyl halides is 6. The molecule has 5 heterocycles. The van der Waals surface area contributed by atoms with Gasteiger partial charge in [-0.3, -0.25) is 14.8 Å².